The quantitative estimate of drug-likeness (QED) is 0.623. The molecule has 1 spiro atoms. The Kier molecular flexibility index (Phi) is 2.31. The van der Waals surface area contributed by atoms with E-state index in [0.29, 0.717) is 5.54 Å². The fraction of sp³-hybridized carbons (Fsp3) is 1.00. The zero-order valence-electron chi connectivity index (χ0n) is 9.23. The number of nitrogens with one attached hydrogen (secondary N) is 1. The summed E-state index contributed by atoms with van der Waals surface area (Å²) in [5, 5.41) is 4.01. The maximum Gasteiger partial charge on any atom is 0.0187 e. The molecule has 0 aromatic rings. The lowest BCUT2D eigenvalue weighted by Crippen LogP contribution is -2.44. The van der Waals surface area contributed by atoms with E-state index in [1.165, 1.54) is 64.2 Å². The third kappa shape index (κ3) is 1.50. The first-order valence-electron chi connectivity index (χ1n) is 6.66. The zero-order valence-corrected chi connectivity index (χ0v) is 9.23. The van der Waals surface area contributed by atoms with Gasteiger partial charge in [0.1, 0.15) is 0 Å². The lowest BCUT2D eigenvalue weighted by atomic mass is 9.77. The van der Waals surface area contributed by atoms with Gasteiger partial charge in [0.05, 0.1) is 0 Å². The Labute approximate surface area is 87.7 Å². The van der Waals surface area contributed by atoms with Crippen LogP contribution in [-0.2, 0) is 0 Å². The molecular weight excluding hydrogens is 170 g/mol. The fourth-order valence-corrected chi connectivity index (χ4v) is 4.17. The van der Waals surface area contributed by atoms with Crippen molar-refractivity contribution in [1.82, 2.24) is 5.32 Å². The molecule has 3 rings (SSSR count). The second-order valence-corrected chi connectivity index (χ2v) is 5.84. The van der Waals surface area contributed by atoms with Gasteiger partial charge in [-0.2, -0.15) is 0 Å². The van der Waals surface area contributed by atoms with E-state index >= 15 is 0 Å². The highest BCUT2D eigenvalue weighted by Gasteiger charge is 2.45. The normalized spacial score (nSPS) is 41.1. The summed E-state index contributed by atoms with van der Waals surface area (Å²) in [6, 6.07) is 0.904. The molecule has 2 aliphatic carbocycles. The molecule has 1 heteroatoms. The summed E-state index contributed by atoms with van der Waals surface area (Å²) in [6.45, 7) is 0. The van der Waals surface area contributed by atoms with Crippen LogP contribution < -0.4 is 5.32 Å². The van der Waals surface area contributed by atoms with Crippen LogP contribution in [0.25, 0.3) is 0 Å². The minimum absolute atomic E-state index is 0.609. The van der Waals surface area contributed by atoms with Crippen LogP contribution in [0, 0.1) is 5.92 Å². The lowest BCUT2D eigenvalue weighted by molar-refractivity contribution is 0.251. The van der Waals surface area contributed by atoms with E-state index in [0.717, 1.165) is 12.0 Å². The maximum atomic E-state index is 4.01. The van der Waals surface area contributed by atoms with E-state index in [2.05, 4.69) is 5.32 Å². The van der Waals surface area contributed by atoms with Crippen molar-refractivity contribution >= 4 is 0 Å². The molecular formula is C13H23N. The molecule has 1 aliphatic heterocycles. The van der Waals surface area contributed by atoms with Crippen LogP contribution in [0.2, 0.25) is 0 Å². The SMILES string of the molecule is C1CCC2(CC1)C[C@@H]1CCCC[C@@H]1N2. The van der Waals surface area contributed by atoms with Crippen LogP contribution in [-0.4, -0.2) is 11.6 Å². The van der Waals surface area contributed by atoms with Gasteiger partial charge < -0.3 is 5.32 Å². The molecule has 14 heavy (non-hydrogen) atoms. The van der Waals surface area contributed by atoms with Gasteiger partial charge in [-0.05, 0) is 38.0 Å². The Balaban J connectivity index is 1.71. The van der Waals surface area contributed by atoms with Crippen molar-refractivity contribution in [3.63, 3.8) is 0 Å². The van der Waals surface area contributed by atoms with Gasteiger partial charge in [-0.3, -0.25) is 0 Å². The molecule has 0 unspecified atom stereocenters. The Morgan fingerprint density at radius 3 is 2.43 bits per heavy atom. The standard InChI is InChI=1S/C13H23N/c1-4-8-13(9-5-1)10-11-6-2-3-7-12(11)14-13/h11-12,14H,1-10H2/t11-,12-/m0/s1. The zero-order chi connectivity index (χ0) is 9.43. The van der Waals surface area contributed by atoms with Crippen LogP contribution in [0.15, 0.2) is 0 Å². The molecule has 0 radical (unpaired) electrons. The van der Waals surface area contributed by atoms with Gasteiger partial charge in [0.15, 0.2) is 0 Å². The molecule has 1 heterocycles. The molecule has 0 aromatic carbocycles. The number of fused-ring (bicyclic) bond motifs is 1. The summed E-state index contributed by atoms with van der Waals surface area (Å²) >= 11 is 0. The van der Waals surface area contributed by atoms with Crippen molar-refractivity contribution in [2.24, 2.45) is 5.92 Å². The highest BCUT2D eigenvalue weighted by Crippen LogP contribution is 2.44. The molecule has 1 saturated heterocycles. The first kappa shape index (κ1) is 9.21. The third-order valence-electron chi connectivity index (χ3n) is 4.86. The van der Waals surface area contributed by atoms with Gasteiger partial charge in [-0.1, -0.05) is 32.1 Å². The van der Waals surface area contributed by atoms with E-state index in [1.807, 2.05) is 0 Å². The van der Waals surface area contributed by atoms with Gasteiger partial charge in [0.25, 0.3) is 0 Å². The minimum atomic E-state index is 0.609. The smallest absolute Gasteiger partial charge is 0.0187 e. The molecule has 2 atom stereocenters. The average molecular weight is 193 g/mol. The van der Waals surface area contributed by atoms with E-state index in [4.69, 9.17) is 0 Å². The fourth-order valence-electron chi connectivity index (χ4n) is 4.17. The van der Waals surface area contributed by atoms with Crippen LogP contribution in [0.1, 0.15) is 64.2 Å². The van der Waals surface area contributed by atoms with Crippen molar-refractivity contribution in [2.75, 3.05) is 0 Å². The topological polar surface area (TPSA) is 12.0 Å². The highest BCUT2D eigenvalue weighted by atomic mass is 15.1. The Morgan fingerprint density at radius 2 is 1.64 bits per heavy atom. The van der Waals surface area contributed by atoms with Crippen LogP contribution in [0.4, 0.5) is 0 Å². The molecule has 1 nitrogen and oxygen atoms in total. The molecule has 3 fully saturated rings. The van der Waals surface area contributed by atoms with Gasteiger partial charge in [0, 0.05) is 11.6 Å². The van der Waals surface area contributed by atoms with E-state index in [-0.39, 0.29) is 0 Å². The average Bonchev–Trinajstić information content (AvgIpc) is 2.56. The van der Waals surface area contributed by atoms with Gasteiger partial charge >= 0.3 is 0 Å². The van der Waals surface area contributed by atoms with Crippen molar-refractivity contribution in [2.45, 2.75) is 75.8 Å². The van der Waals surface area contributed by atoms with Gasteiger partial charge in [-0.25, -0.2) is 0 Å². The third-order valence-corrected chi connectivity index (χ3v) is 4.86. The second kappa shape index (κ2) is 3.52. The van der Waals surface area contributed by atoms with E-state index in [9.17, 15) is 0 Å². The second-order valence-electron chi connectivity index (χ2n) is 5.84. The Morgan fingerprint density at radius 1 is 0.857 bits per heavy atom. The summed E-state index contributed by atoms with van der Waals surface area (Å²) in [5.74, 6) is 1.04. The molecule has 0 bridgehead atoms. The van der Waals surface area contributed by atoms with Crippen molar-refractivity contribution in [3.05, 3.63) is 0 Å². The van der Waals surface area contributed by atoms with Gasteiger partial charge in [0.2, 0.25) is 0 Å². The molecule has 2 saturated carbocycles. The van der Waals surface area contributed by atoms with Crippen LogP contribution in [0.5, 0.6) is 0 Å². The molecule has 3 aliphatic rings. The van der Waals surface area contributed by atoms with Crippen molar-refractivity contribution in [1.29, 1.82) is 0 Å². The molecule has 0 aromatic heterocycles. The van der Waals surface area contributed by atoms with Crippen LogP contribution in [0.3, 0.4) is 0 Å². The van der Waals surface area contributed by atoms with Gasteiger partial charge in [-0.15, -0.1) is 0 Å². The van der Waals surface area contributed by atoms with E-state index < -0.39 is 0 Å². The minimum Gasteiger partial charge on any atom is -0.308 e. The monoisotopic (exact) mass is 193 g/mol. The summed E-state index contributed by atoms with van der Waals surface area (Å²) in [7, 11) is 0. The number of rotatable bonds is 0. The predicted molar refractivity (Wildman–Crippen MR) is 59.3 cm³/mol. The van der Waals surface area contributed by atoms with Crippen LogP contribution >= 0.6 is 0 Å². The molecule has 80 valence electrons. The predicted octanol–water partition coefficient (Wildman–Crippen LogP) is 3.24. The van der Waals surface area contributed by atoms with E-state index in [1.54, 1.807) is 0 Å². The molecule has 1 N–H and O–H groups in total. The first-order valence-corrected chi connectivity index (χ1v) is 6.66. The Hall–Kier alpha value is -0.0400. The Bertz CT molecular complexity index is 189. The highest BCUT2D eigenvalue weighted by molar-refractivity contribution is 5.04. The van der Waals surface area contributed by atoms with Crippen molar-refractivity contribution in [3.8, 4) is 0 Å². The molecule has 0 amide bonds. The summed E-state index contributed by atoms with van der Waals surface area (Å²) in [5.41, 5.74) is 0.609. The summed E-state index contributed by atoms with van der Waals surface area (Å²) in [4.78, 5) is 0. The number of hydrogen-bond donors (Lipinski definition) is 1. The summed E-state index contributed by atoms with van der Waals surface area (Å²) in [6.07, 6.45) is 14.9. The summed E-state index contributed by atoms with van der Waals surface area (Å²) < 4.78 is 0. The first-order chi connectivity index (χ1) is 6.88. The maximum absolute atomic E-state index is 4.01. The lowest BCUT2D eigenvalue weighted by Gasteiger charge is -2.34. The largest absolute Gasteiger partial charge is 0.308 e. The number of hydrogen-bond acceptors (Lipinski definition) is 1. The van der Waals surface area contributed by atoms with Crippen molar-refractivity contribution < 1.29 is 0 Å².